The molecule has 2 rings (SSSR count). The van der Waals surface area contributed by atoms with Crippen molar-refractivity contribution < 1.29 is 9.50 Å². The molecular weight excluding hydrogens is 255 g/mol. The van der Waals surface area contributed by atoms with Crippen molar-refractivity contribution in [2.45, 2.75) is 29.9 Å². The molecule has 0 saturated carbocycles. The van der Waals surface area contributed by atoms with Gasteiger partial charge in [-0.2, -0.15) is 0 Å². The van der Waals surface area contributed by atoms with Gasteiger partial charge in [0.15, 0.2) is 0 Å². The third-order valence-electron chi connectivity index (χ3n) is 3.33. The van der Waals surface area contributed by atoms with Crippen molar-refractivity contribution in [3.63, 3.8) is 0 Å². The molecule has 1 aliphatic heterocycles. The van der Waals surface area contributed by atoms with Gasteiger partial charge in [0.05, 0.1) is 4.08 Å². The maximum atomic E-state index is 13.8. The highest BCUT2D eigenvalue weighted by atomic mass is 32.2. The van der Waals surface area contributed by atoms with E-state index >= 15 is 0 Å². The smallest absolute Gasteiger partial charge is 0.129 e. The van der Waals surface area contributed by atoms with Gasteiger partial charge in [-0.3, -0.25) is 0 Å². The first kappa shape index (κ1) is 13.2. The molecular formula is C13H17FOS2. The molecule has 17 heavy (non-hydrogen) atoms. The fourth-order valence-corrected chi connectivity index (χ4v) is 5.17. The molecule has 0 aliphatic carbocycles. The van der Waals surface area contributed by atoms with Gasteiger partial charge in [-0.1, -0.05) is 18.2 Å². The predicted octanol–water partition coefficient (Wildman–Crippen LogP) is 3.62. The summed E-state index contributed by atoms with van der Waals surface area (Å²) in [6, 6.07) is 6.51. The van der Waals surface area contributed by atoms with E-state index < -0.39 is 5.60 Å². The molecule has 0 amide bonds. The topological polar surface area (TPSA) is 20.2 Å². The molecule has 1 nitrogen and oxygen atoms in total. The Kier molecular flexibility index (Phi) is 3.76. The summed E-state index contributed by atoms with van der Waals surface area (Å²) < 4.78 is 13.5. The molecule has 1 saturated heterocycles. The lowest BCUT2D eigenvalue weighted by Gasteiger charge is -2.44. The van der Waals surface area contributed by atoms with E-state index in [1.807, 2.05) is 6.92 Å². The van der Waals surface area contributed by atoms with Crippen molar-refractivity contribution in [3.05, 3.63) is 35.6 Å². The molecule has 0 aromatic heterocycles. The number of hydrogen-bond donors (Lipinski definition) is 1. The SMILES string of the molecule is CC1([C@@](C)(O)c2ccccc2F)SCCCS1. The number of rotatable bonds is 2. The van der Waals surface area contributed by atoms with Crippen LogP contribution in [0.2, 0.25) is 0 Å². The summed E-state index contributed by atoms with van der Waals surface area (Å²) in [7, 11) is 0. The summed E-state index contributed by atoms with van der Waals surface area (Å²) >= 11 is 3.44. The minimum Gasteiger partial charge on any atom is -0.383 e. The first-order valence-electron chi connectivity index (χ1n) is 5.73. The number of hydrogen-bond acceptors (Lipinski definition) is 3. The average Bonchev–Trinajstić information content (AvgIpc) is 2.30. The highest BCUT2D eigenvalue weighted by Crippen LogP contribution is 2.53. The van der Waals surface area contributed by atoms with Crippen molar-refractivity contribution in [1.82, 2.24) is 0 Å². The van der Waals surface area contributed by atoms with Gasteiger partial charge in [-0.25, -0.2) is 4.39 Å². The second-order valence-electron chi connectivity index (χ2n) is 4.55. The van der Waals surface area contributed by atoms with Crippen LogP contribution in [0.5, 0.6) is 0 Å². The Morgan fingerprint density at radius 3 is 2.47 bits per heavy atom. The Morgan fingerprint density at radius 1 is 1.29 bits per heavy atom. The number of aliphatic hydroxyl groups is 1. The summed E-state index contributed by atoms with van der Waals surface area (Å²) in [6.07, 6.45) is 1.15. The monoisotopic (exact) mass is 272 g/mol. The van der Waals surface area contributed by atoms with Gasteiger partial charge in [0.2, 0.25) is 0 Å². The number of benzene rings is 1. The van der Waals surface area contributed by atoms with Crippen LogP contribution >= 0.6 is 23.5 Å². The molecule has 1 fully saturated rings. The standard InChI is InChI=1S/C13H17FOS2/c1-12(15,10-6-3-4-7-11(10)14)13(2)16-8-5-9-17-13/h3-4,6-7,15H,5,8-9H2,1-2H3/t12-/m0/s1. The third kappa shape index (κ3) is 2.35. The Morgan fingerprint density at radius 2 is 1.88 bits per heavy atom. The van der Waals surface area contributed by atoms with Gasteiger partial charge in [0, 0.05) is 5.56 Å². The molecule has 1 aliphatic rings. The maximum Gasteiger partial charge on any atom is 0.129 e. The summed E-state index contributed by atoms with van der Waals surface area (Å²) in [5, 5.41) is 10.8. The second kappa shape index (κ2) is 4.82. The first-order chi connectivity index (χ1) is 7.97. The summed E-state index contributed by atoms with van der Waals surface area (Å²) in [6.45, 7) is 3.73. The maximum absolute atomic E-state index is 13.8. The van der Waals surface area contributed by atoms with Crippen LogP contribution in [0, 0.1) is 5.82 Å². The van der Waals surface area contributed by atoms with Crippen LogP contribution in [0.25, 0.3) is 0 Å². The molecule has 0 unspecified atom stereocenters. The molecule has 1 atom stereocenters. The van der Waals surface area contributed by atoms with E-state index in [-0.39, 0.29) is 9.90 Å². The summed E-state index contributed by atoms with van der Waals surface area (Å²) in [5.41, 5.74) is -0.766. The van der Waals surface area contributed by atoms with Crippen molar-refractivity contribution in [2.24, 2.45) is 0 Å². The Balaban J connectivity index is 2.38. The van der Waals surface area contributed by atoms with Crippen LogP contribution in [-0.4, -0.2) is 20.7 Å². The molecule has 1 N–H and O–H groups in total. The molecule has 0 spiro atoms. The molecule has 4 heteroatoms. The zero-order chi connectivity index (χ0) is 12.5. The Hall–Kier alpha value is -0.190. The minimum atomic E-state index is -1.16. The van der Waals surface area contributed by atoms with Crippen molar-refractivity contribution in [3.8, 4) is 0 Å². The van der Waals surface area contributed by atoms with E-state index in [1.165, 1.54) is 6.07 Å². The fraction of sp³-hybridized carbons (Fsp3) is 0.538. The van der Waals surface area contributed by atoms with E-state index in [9.17, 15) is 9.50 Å². The van der Waals surface area contributed by atoms with E-state index in [2.05, 4.69) is 0 Å². The molecule has 0 radical (unpaired) electrons. The van der Waals surface area contributed by atoms with Crippen LogP contribution < -0.4 is 0 Å². The van der Waals surface area contributed by atoms with E-state index in [4.69, 9.17) is 0 Å². The molecule has 0 bridgehead atoms. The lowest BCUT2D eigenvalue weighted by molar-refractivity contribution is 0.0450. The van der Waals surface area contributed by atoms with Crippen LogP contribution in [0.3, 0.4) is 0 Å². The van der Waals surface area contributed by atoms with Gasteiger partial charge in [-0.05, 0) is 37.8 Å². The molecule has 1 aromatic rings. The largest absolute Gasteiger partial charge is 0.383 e. The van der Waals surface area contributed by atoms with Crippen LogP contribution in [0.1, 0.15) is 25.8 Å². The summed E-state index contributed by atoms with van der Waals surface area (Å²) in [4.78, 5) is 0. The zero-order valence-electron chi connectivity index (χ0n) is 10.1. The Bertz CT molecular complexity index is 400. The van der Waals surface area contributed by atoms with E-state index in [0.29, 0.717) is 5.56 Å². The van der Waals surface area contributed by atoms with Crippen LogP contribution in [-0.2, 0) is 5.60 Å². The quantitative estimate of drug-likeness (QED) is 0.888. The molecule has 1 aromatic carbocycles. The summed E-state index contributed by atoms with van der Waals surface area (Å²) in [5.74, 6) is 1.72. The van der Waals surface area contributed by atoms with Gasteiger partial charge in [-0.15, -0.1) is 23.5 Å². The first-order valence-corrected chi connectivity index (χ1v) is 7.70. The van der Waals surface area contributed by atoms with E-state index in [1.54, 1.807) is 48.6 Å². The van der Waals surface area contributed by atoms with Crippen molar-refractivity contribution in [1.29, 1.82) is 0 Å². The minimum absolute atomic E-state index is 0.328. The average molecular weight is 272 g/mol. The zero-order valence-corrected chi connectivity index (χ0v) is 11.7. The van der Waals surface area contributed by atoms with Gasteiger partial charge >= 0.3 is 0 Å². The highest BCUT2D eigenvalue weighted by molar-refractivity contribution is 8.18. The van der Waals surface area contributed by atoms with Crippen LogP contribution in [0.4, 0.5) is 4.39 Å². The number of thioether (sulfide) groups is 2. The van der Waals surface area contributed by atoms with Gasteiger partial charge in [0.1, 0.15) is 11.4 Å². The molecule has 1 heterocycles. The second-order valence-corrected chi connectivity index (χ2v) is 7.83. The van der Waals surface area contributed by atoms with Crippen molar-refractivity contribution >= 4 is 23.5 Å². The molecule has 94 valence electrons. The number of halogens is 1. The van der Waals surface area contributed by atoms with E-state index in [0.717, 1.165) is 17.9 Å². The lowest BCUT2D eigenvalue weighted by Crippen LogP contribution is -2.44. The predicted molar refractivity (Wildman–Crippen MR) is 73.9 cm³/mol. The third-order valence-corrected chi connectivity index (χ3v) is 6.92. The van der Waals surface area contributed by atoms with Gasteiger partial charge < -0.3 is 5.11 Å². The normalized spacial score (nSPS) is 23.1. The highest BCUT2D eigenvalue weighted by Gasteiger charge is 2.47. The van der Waals surface area contributed by atoms with Gasteiger partial charge in [0.25, 0.3) is 0 Å². The Labute approximate surface area is 110 Å². The lowest BCUT2D eigenvalue weighted by atomic mass is 9.92. The van der Waals surface area contributed by atoms with Crippen LogP contribution in [0.15, 0.2) is 24.3 Å². The fourth-order valence-electron chi connectivity index (χ4n) is 2.02. The van der Waals surface area contributed by atoms with Crippen molar-refractivity contribution in [2.75, 3.05) is 11.5 Å².